The van der Waals surface area contributed by atoms with E-state index in [0.29, 0.717) is 28.0 Å². The molecule has 0 aliphatic carbocycles. The van der Waals surface area contributed by atoms with Crippen molar-refractivity contribution in [2.75, 3.05) is 10.6 Å². The molecular weight excluding hydrogens is 428 g/mol. The second kappa shape index (κ2) is 9.31. The van der Waals surface area contributed by atoms with Crippen LogP contribution in [-0.2, 0) is 9.59 Å². The Labute approximate surface area is 197 Å². The third-order valence-corrected chi connectivity index (χ3v) is 5.92. The standard InChI is InChI=1S/C27H26N4O3/c1-16-10-9-14-21(17(16)2)30-26(33)18(3)31-24-15-8-7-13-23(24)29-25(27(31)34)20-11-5-6-12-22(20)28-19(4)32/h5-15,18H,1-4H3,(H,28,32)(H,30,33)/t18-/m0/s1. The highest BCUT2D eigenvalue weighted by molar-refractivity contribution is 5.96. The molecule has 0 aliphatic rings. The summed E-state index contributed by atoms with van der Waals surface area (Å²) in [6, 6.07) is 19.1. The van der Waals surface area contributed by atoms with Crippen LogP contribution in [0.25, 0.3) is 22.3 Å². The van der Waals surface area contributed by atoms with Gasteiger partial charge in [-0.1, -0.05) is 42.5 Å². The summed E-state index contributed by atoms with van der Waals surface area (Å²) < 4.78 is 1.46. The lowest BCUT2D eigenvalue weighted by atomic mass is 10.1. The number of amides is 2. The summed E-state index contributed by atoms with van der Waals surface area (Å²) in [6.07, 6.45) is 0. The van der Waals surface area contributed by atoms with Crippen LogP contribution in [-0.4, -0.2) is 21.4 Å². The van der Waals surface area contributed by atoms with Crippen LogP contribution in [0.3, 0.4) is 0 Å². The van der Waals surface area contributed by atoms with Gasteiger partial charge < -0.3 is 10.6 Å². The van der Waals surface area contributed by atoms with E-state index in [9.17, 15) is 14.4 Å². The predicted molar refractivity (Wildman–Crippen MR) is 135 cm³/mol. The second-order valence-electron chi connectivity index (χ2n) is 8.26. The van der Waals surface area contributed by atoms with E-state index >= 15 is 0 Å². The fraction of sp³-hybridized carbons (Fsp3) is 0.185. The zero-order valence-electron chi connectivity index (χ0n) is 19.5. The zero-order chi connectivity index (χ0) is 24.4. The maximum Gasteiger partial charge on any atom is 0.278 e. The lowest BCUT2D eigenvalue weighted by Crippen LogP contribution is -2.33. The van der Waals surface area contributed by atoms with Gasteiger partial charge >= 0.3 is 0 Å². The number of aryl methyl sites for hydroxylation is 1. The molecule has 4 rings (SSSR count). The number of nitrogens with one attached hydrogen (secondary N) is 2. The molecule has 0 saturated heterocycles. The van der Waals surface area contributed by atoms with E-state index in [2.05, 4.69) is 15.6 Å². The van der Waals surface area contributed by atoms with Crippen LogP contribution in [0.5, 0.6) is 0 Å². The number of benzene rings is 3. The van der Waals surface area contributed by atoms with Crippen molar-refractivity contribution in [1.29, 1.82) is 0 Å². The van der Waals surface area contributed by atoms with E-state index in [0.717, 1.165) is 11.1 Å². The molecule has 4 aromatic rings. The lowest BCUT2D eigenvalue weighted by Gasteiger charge is -2.20. The Hall–Kier alpha value is -4.26. The fourth-order valence-electron chi connectivity index (χ4n) is 3.94. The van der Waals surface area contributed by atoms with Gasteiger partial charge in [-0.25, -0.2) is 4.98 Å². The SMILES string of the molecule is CC(=O)Nc1ccccc1-c1nc2ccccc2n([C@@H](C)C(=O)Nc2cccc(C)c2C)c1=O. The summed E-state index contributed by atoms with van der Waals surface area (Å²) in [5, 5.41) is 5.72. The van der Waals surface area contributed by atoms with Gasteiger partial charge in [-0.3, -0.25) is 19.0 Å². The van der Waals surface area contributed by atoms with Gasteiger partial charge in [0.15, 0.2) is 0 Å². The molecule has 1 aromatic heterocycles. The van der Waals surface area contributed by atoms with Gasteiger partial charge in [0.2, 0.25) is 11.8 Å². The summed E-state index contributed by atoms with van der Waals surface area (Å²) in [7, 11) is 0. The molecule has 34 heavy (non-hydrogen) atoms. The molecule has 1 atom stereocenters. The van der Waals surface area contributed by atoms with Crippen LogP contribution in [0, 0.1) is 13.8 Å². The smallest absolute Gasteiger partial charge is 0.278 e. The monoisotopic (exact) mass is 454 g/mol. The Morgan fingerprint density at radius 1 is 0.882 bits per heavy atom. The van der Waals surface area contributed by atoms with Crippen molar-refractivity contribution in [1.82, 2.24) is 9.55 Å². The number of carbonyl (C=O) groups excluding carboxylic acids is 2. The average molecular weight is 455 g/mol. The van der Waals surface area contributed by atoms with Gasteiger partial charge in [-0.15, -0.1) is 0 Å². The van der Waals surface area contributed by atoms with Crippen molar-refractivity contribution >= 4 is 34.2 Å². The third kappa shape index (κ3) is 4.32. The van der Waals surface area contributed by atoms with Crippen molar-refractivity contribution in [3.05, 3.63) is 88.2 Å². The molecule has 0 spiro atoms. The molecule has 2 N–H and O–H groups in total. The van der Waals surface area contributed by atoms with E-state index < -0.39 is 11.6 Å². The number of aromatic nitrogens is 2. The molecular formula is C27H26N4O3. The summed E-state index contributed by atoms with van der Waals surface area (Å²) in [4.78, 5) is 43.4. The lowest BCUT2D eigenvalue weighted by molar-refractivity contribution is -0.118. The highest BCUT2D eigenvalue weighted by Gasteiger charge is 2.23. The predicted octanol–water partition coefficient (Wildman–Crippen LogP) is 4.84. The summed E-state index contributed by atoms with van der Waals surface area (Å²) in [5.74, 6) is -0.567. The van der Waals surface area contributed by atoms with Gasteiger partial charge in [-0.2, -0.15) is 0 Å². The van der Waals surface area contributed by atoms with Crippen LogP contribution >= 0.6 is 0 Å². The zero-order valence-corrected chi connectivity index (χ0v) is 19.5. The molecule has 0 aliphatic heterocycles. The summed E-state index contributed by atoms with van der Waals surface area (Å²) in [5.41, 5.74) is 4.58. The number of nitrogens with zero attached hydrogens (tertiary/aromatic N) is 2. The third-order valence-electron chi connectivity index (χ3n) is 5.92. The molecule has 7 heteroatoms. The van der Waals surface area contributed by atoms with Crippen LogP contribution in [0.1, 0.15) is 31.0 Å². The molecule has 172 valence electrons. The Balaban J connectivity index is 1.86. The van der Waals surface area contributed by atoms with Crippen molar-refractivity contribution in [2.24, 2.45) is 0 Å². The first kappa shape index (κ1) is 22.9. The van der Waals surface area contributed by atoms with E-state index in [4.69, 9.17) is 0 Å². The van der Waals surface area contributed by atoms with E-state index in [1.807, 2.05) is 38.1 Å². The summed E-state index contributed by atoms with van der Waals surface area (Å²) in [6.45, 7) is 7.02. The van der Waals surface area contributed by atoms with Gasteiger partial charge in [0, 0.05) is 18.2 Å². The molecule has 0 bridgehead atoms. The second-order valence-corrected chi connectivity index (χ2v) is 8.26. The van der Waals surface area contributed by atoms with Crippen molar-refractivity contribution in [2.45, 2.75) is 33.7 Å². The molecule has 0 radical (unpaired) electrons. The van der Waals surface area contributed by atoms with Gasteiger partial charge in [0.25, 0.3) is 5.56 Å². The van der Waals surface area contributed by atoms with Crippen molar-refractivity contribution in [3.8, 4) is 11.3 Å². The first-order chi connectivity index (χ1) is 16.3. The largest absolute Gasteiger partial charge is 0.326 e. The Morgan fingerprint density at radius 2 is 1.56 bits per heavy atom. The minimum Gasteiger partial charge on any atom is -0.326 e. The molecule has 3 aromatic carbocycles. The number of para-hydroxylation sites is 3. The molecule has 7 nitrogen and oxygen atoms in total. The molecule has 2 amide bonds. The normalized spacial score (nSPS) is 11.8. The van der Waals surface area contributed by atoms with Crippen molar-refractivity contribution < 1.29 is 9.59 Å². The summed E-state index contributed by atoms with van der Waals surface area (Å²) >= 11 is 0. The Kier molecular flexibility index (Phi) is 6.27. The highest BCUT2D eigenvalue weighted by atomic mass is 16.2. The van der Waals surface area contributed by atoms with E-state index in [-0.39, 0.29) is 17.5 Å². The van der Waals surface area contributed by atoms with Gasteiger partial charge in [0.1, 0.15) is 11.7 Å². The highest BCUT2D eigenvalue weighted by Crippen LogP contribution is 2.27. The molecule has 0 unspecified atom stereocenters. The number of hydrogen-bond acceptors (Lipinski definition) is 4. The van der Waals surface area contributed by atoms with Crippen LogP contribution in [0.4, 0.5) is 11.4 Å². The van der Waals surface area contributed by atoms with Crippen LogP contribution < -0.4 is 16.2 Å². The van der Waals surface area contributed by atoms with E-state index in [1.165, 1.54) is 11.5 Å². The molecule has 0 fully saturated rings. The maximum atomic E-state index is 13.7. The van der Waals surface area contributed by atoms with Crippen LogP contribution in [0.15, 0.2) is 71.5 Å². The fourth-order valence-corrected chi connectivity index (χ4v) is 3.94. The number of carbonyl (C=O) groups is 2. The minimum absolute atomic E-state index is 0.162. The van der Waals surface area contributed by atoms with Crippen LogP contribution in [0.2, 0.25) is 0 Å². The first-order valence-corrected chi connectivity index (χ1v) is 11.0. The van der Waals surface area contributed by atoms with Crippen molar-refractivity contribution in [3.63, 3.8) is 0 Å². The Bertz CT molecular complexity index is 1470. The maximum absolute atomic E-state index is 13.7. The molecule has 0 saturated carbocycles. The topological polar surface area (TPSA) is 93.1 Å². The number of rotatable bonds is 5. The Morgan fingerprint density at radius 3 is 2.32 bits per heavy atom. The molecule has 1 heterocycles. The minimum atomic E-state index is -0.813. The quantitative estimate of drug-likeness (QED) is 0.451. The number of fused-ring (bicyclic) bond motifs is 1. The average Bonchev–Trinajstić information content (AvgIpc) is 2.81. The van der Waals surface area contributed by atoms with Gasteiger partial charge in [0.05, 0.1) is 16.7 Å². The first-order valence-electron chi connectivity index (χ1n) is 11.0. The number of anilines is 2. The number of hydrogen-bond donors (Lipinski definition) is 2. The van der Waals surface area contributed by atoms with E-state index in [1.54, 1.807) is 49.4 Å². The van der Waals surface area contributed by atoms with Gasteiger partial charge in [-0.05, 0) is 56.2 Å².